The Balaban J connectivity index is 1.86. The van der Waals surface area contributed by atoms with Crippen molar-refractivity contribution in [2.24, 2.45) is 0 Å². The number of allylic oxidation sites excluding steroid dienone is 4. The SMILES string of the molecule is CCCCCCCC/C=C/CCCCCCC[C@@H](O)COC(=O)C[C@@H]1O[C@H](OC[C@H]2O[C@@H](O[C@H](COCCCCCCCCCCCCCCCC)COC(=O)C[C@H](O)CCCCCCC/C=C/CCCCCCCC)[C@H](O)[C@@H](O)[C@@H]2O)[C@@H](O)[C@H](O)[C@H]1O. The molecule has 0 amide bonds. The second-order valence-corrected chi connectivity index (χ2v) is 25.6. The van der Waals surface area contributed by atoms with Crippen LogP contribution in [0.25, 0.3) is 0 Å². The first-order valence-electron chi connectivity index (χ1n) is 36.0. The number of rotatable bonds is 60. The molecule has 2 saturated heterocycles. The fourth-order valence-electron chi connectivity index (χ4n) is 11.4. The molecule has 2 rings (SSSR count). The molecule has 0 aliphatic carbocycles. The Morgan fingerprint density at radius 3 is 1.24 bits per heavy atom. The molecule has 0 aromatic heterocycles. The summed E-state index contributed by atoms with van der Waals surface area (Å²) in [5.41, 5.74) is 0. The number of aliphatic hydroxyl groups excluding tert-OH is 8. The number of hydrogen-bond acceptors (Lipinski definition) is 17. The van der Waals surface area contributed by atoms with E-state index in [1.807, 2.05) is 0 Å². The summed E-state index contributed by atoms with van der Waals surface area (Å²) in [6.07, 6.45) is 37.1. The van der Waals surface area contributed by atoms with Gasteiger partial charge in [-0.2, -0.15) is 0 Å². The molecule has 0 bridgehead atoms. The van der Waals surface area contributed by atoms with Crippen molar-refractivity contribution in [3.8, 4) is 0 Å². The van der Waals surface area contributed by atoms with Gasteiger partial charge in [0.15, 0.2) is 12.6 Å². The first-order chi connectivity index (χ1) is 42.8. The number of carbonyl (C=O) groups excluding carboxylic acids is 2. The number of hydrogen-bond donors (Lipinski definition) is 8. The summed E-state index contributed by atoms with van der Waals surface area (Å²) in [5.74, 6) is -1.45. The predicted octanol–water partition coefficient (Wildman–Crippen LogP) is 13.2. The molecule has 0 spiro atoms. The Labute approximate surface area is 533 Å². The van der Waals surface area contributed by atoms with Gasteiger partial charge in [0, 0.05) is 6.61 Å². The molecular weight excluding hydrogens is 1120 g/mol. The van der Waals surface area contributed by atoms with Crippen LogP contribution in [-0.2, 0) is 42.7 Å². The van der Waals surface area contributed by atoms with Gasteiger partial charge in [0.05, 0.1) is 44.4 Å². The molecule has 2 aliphatic heterocycles. The van der Waals surface area contributed by atoms with Gasteiger partial charge in [-0.15, -0.1) is 0 Å². The normalized spacial score (nSPS) is 23.5. The van der Waals surface area contributed by atoms with E-state index < -0.39 is 105 Å². The fourth-order valence-corrected chi connectivity index (χ4v) is 11.4. The van der Waals surface area contributed by atoms with Crippen molar-refractivity contribution in [2.75, 3.05) is 33.0 Å². The summed E-state index contributed by atoms with van der Waals surface area (Å²) >= 11 is 0. The zero-order valence-corrected chi connectivity index (χ0v) is 55.7. The van der Waals surface area contributed by atoms with Crippen LogP contribution in [0.4, 0.5) is 0 Å². The third-order valence-corrected chi connectivity index (χ3v) is 17.3. The van der Waals surface area contributed by atoms with Crippen LogP contribution in [0.1, 0.15) is 303 Å². The summed E-state index contributed by atoms with van der Waals surface area (Å²) < 4.78 is 40.4. The second-order valence-electron chi connectivity index (χ2n) is 25.6. The zero-order chi connectivity index (χ0) is 64.1. The van der Waals surface area contributed by atoms with Crippen molar-refractivity contribution in [2.45, 2.75) is 383 Å². The van der Waals surface area contributed by atoms with Crippen LogP contribution >= 0.6 is 0 Å². The third-order valence-electron chi connectivity index (χ3n) is 17.3. The van der Waals surface area contributed by atoms with E-state index in [0.29, 0.717) is 19.4 Å². The summed E-state index contributed by atoms with van der Waals surface area (Å²) in [5, 5.41) is 86.8. The first-order valence-corrected chi connectivity index (χ1v) is 36.0. The highest BCUT2D eigenvalue weighted by Crippen LogP contribution is 2.29. The van der Waals surface area contributed by atoms with E-state index in [1.54, 1.807) is 0 Å². The number of aliphatic hydroxyl groups is 8. The van der Waals surface area contributed by atoms with Gasteiger partial charge in [-0.25, -0.2) is 0 Å². The van der Waals surface area contributed by atoms with Crippen molar-refractivity contribution < 1.29 is 83.6 Å². The van der Waals surface area contributed by atoms with Gasteiger partial charge >= 0.3 is 11.9 Å². The zero-order valence-electron chi connectivity index (χ0n) is 55.7. The molecule has 17 nitrogen and oxygen atoms in total. The van der Waals surface area contributed by atoms with Gasteiger partial charge in [-0.05, 0) is 70.6 Å². The first kappa shape index (κ1) is 82.0. The molecular formula is C71H132O17. The van der Waals surface area contributed by atoms with Crippen LogP contribution in [0, 0.1) is 0 Å². The van der Waals surface area contributed by atoms with Crippen LogP contribution in [-0.4, -0.2) is 166 Å². The minimum atomic E-state index is -1.81. The molecule has 0 radical (unpaired) electrons. The van der Waals surface area contributed by atoms with E-state index in [-0.39, 0.29) is 26.2 Å². The van der Waals surface area contributed by atoms with E-state index >= 15 is 0 Å². The number of esters is 2. The Kier molecular flexibility index (Phi) is 52.6. The number of carbonyl (C=O) groups is 2. The van der Waals surface area contributed by atoms with Gasteiger partial charge in [0.25, 0.3) is 0 Å². The predicted molar refractivity (Wildman–Crippen MR) is 347 cm³/mol. The molecule has 17 heteroatoms. The topological polar surface area (TPSA) is 261 Å². The van der Waals surface area contributed by atoms with Crippen LogP contribution in [0.15, 0.2) is 24.3 Å². The van der Waals surface area contributed by atoms with E-state index in [9.17, 15) is 50.4 Å². The maximum atomic E-state index is 13.1. The van der Waals surface area contributed by atoms with Crippen molar-refractivity contribution in [3.05, 3.63) is 24.3 Å². The monoisotopic (exact) mass is 1260 g/mol. The van der Waals surface area contributed by atoms with Crippen molar-refractivity contribution >= 4 is 11.9 Å². The lowest BCUT2D eigenvalue weighted by atomic mass is 9.96. The van der Waals surface area contributed by atoms with E-state index in [2.05, 4.69) is 45.1 Å². The second kappa shape index (κ2) is 56.4. The van der Waals surface area contributed by atoms with Crippen molar-refractivity contribution in [3.63, 3.8) is 0 Å². The highest BCUT2D eigenvalue weighted by molar-refractivity contribution is 5.70. The molecule has 0 saturated carbocycles. The Hall–Kier alpha value is -2.10. The quantitative estimate of drug-likeness (QED) is 0.0160. The van der Waals surface area contributed by atoms with Crippen molar-refractivity contribution in [1.82, 2.24) is 0 Å². The summed E-state index contributed by atoms with van der Waals surface area (Å²) in [7, 11) is 0. The smallest absolute Gasteiger partial charge is 0.308 e. The Morgan fingerprint density at radius 2 is 0.773 bits per heavy atom. The molecule has 88 heavy (non-hydrogen) atoms. The van der Waals surface area contributed by atoms with Gasteiger partial charge < -0.3 is 74.0 Å². The van der Waals surface area contributed by atoms with Crippen LogP contribution in [0.5, 0.6) is 0 Å². The molecule has 2 aliphatic rings. The minimum Gasteiger partial charge on any atom is -0.463 e. The minimum absolute atomic E-state index is 0.0709. The molecule has 0 aromatic rings. The van der Waals surface area contributed by atoms with E-state index in [0.717, 1.165) is 116 Å². The average Bonchev–Trinajstić information content (AvgIpc) is 2.16. The maximum absolute atomic E-state index is 13.1. The van der Waals surface area contributed by atoms with Crippen LogP contribution < -0.4 is 0 Å². The summed E-state index contributed by atoms with van der Waals surface area (Å²) in [6, 6.07) is 0. The summed E-state index contributed by atoms with van der Waals surface area (Å²) in [4.78, 5) is 25.9. The van der Waals surface area contributed by atoms with Gasteiger partial charge in [0.2, 0.25) is 0 Å². The highest BCUT2D eigenvalue weighted by atomic mass is 16.7. The molecule has 0 aromatic carbocycles. The Morgan fingerprint density at radius 1 is 0.398 bits per heavy atom. The maximum Gasteiger partial charge on any atom is 0.308 e. The lowest BCUT2D eigenvalue weighted by molar-refractivity contribution is -0.336. The van der Waals surface area contributed by atoms with Gasteiger partial charge in [-0.1, -0.05) is 244 Å². The molecule has 2 fully saturated rings. The lowest BCUT2D eigenvalue weighted by Crippen LogP contribution is -2.62. The van der Waals surface area contributed by atoms with Gasteiger partial charge in [-0.3, -0.25) is 9.59 Å². The Bertz CT molecular complexity index is 1650. The molecule has 13 atom stereocenters. The standard InChI is InChI=1S/C71H132O17/c1-4-7-10-13-16-19-22-25-28-30-33-36-39-42-45-48-57(72)51-62(74)84-55-59(54-82-50-47-44-41-38-35-32-27-24-21-18-15-12-9-6-3)86-71-69(81)67(79)65(77)61(88-71)56-85-70-68(80)66(78)64(76)60(87-70)52-63(75)83-53-58(73)49-46-43-40-37-34-31-29-26-23-20-17-14-11-8-5-2/h25-26,28-29,57-61,64-73,76-81H,4-24,27,30-56H2,1-3H3/b28-25+,29-26+/t57-,58-,59-,60+,61-,64+,65-,66-,67+,68+,69-,70+,71-/m1/s1. The number of ether oxygens (including phenoxy) is 7. The van der Waals surface area contributed by atoms with E-state index in [1.165, 1.54) is 141 Å². The molecule has 0 unspecified atom stereocenters. The molecule has 518 valence electrons. The molecule has 2 heterocycles. The largest absolute Gasteiger partial charge is 0.463 e. The van der Waals surface area contributed by atoms with E-state index in [4.69, 9.17) is 33.2 Å². The highest BCUT2D eigenvalue weighted by Gasteiger charge is 2.48. The van der Waals surface area contributed by atoms with Crippen LogP contribution in [0.3, 0.4) is 0 Å². The lowest BCUT2D eigenvalue weighted by Gasteiger charge is -2.43. The number of unbranched alkanes of at least 4 members (excludes halogenated alkanes) is 35. The molecule has 8 N–H and O–H groups in total. The van der Waals surface area contributed by atoms with Crippen LogP contribution in [0.2, 0.25) is 0 Å². The summed E-state index contributed by atoms with van der Waals surface area (Å²) in [6.45, 7) is 5.87. The fraction of sp³-hybridized carbons (Fsp3) is 0.915. The average molecular weight is 1260 g/mol. The third kappa shape index (κ3) is 42.2. The van der Waals surface area contributed by atoms with Crippen molar-refractivity contribution in [1.29, 1.82) is 0 Å². The van der Waals surface area contributed by atoms with Gasteiger partial charge in [0.1, 0.15) is 62.0 Å².